The molecule has 0 aliphatic heterocycles. The zero-order valence-corrected chi connectivity index (χ0v) is 9.99. The van der Waals surface area contributed by atoms with Gasteiger partial charge in [-0.05, 0) is 37.9 Å². The van der Waals surface area contributed by atoms with Gasteiger partial charge in [0.15, 0.2) is 0 Å². The van der Waals surface area contributed by atoms with Crippen molar-refractivity contribution in [2.75, 3.05) is 6.54 Å². The molecule has 0 saturated carbocycles. The molecule has 4 heteroatoms. The van der Waals surface area contributed by atoms with E-state index in [1.807, 2.05) is 13.0 Å². The van der Waals surface area contributed by atoms with Gasteiger partial charge in [-0.3, -0.25) is 10.1 Å². The second kappa shape index (κ2) is 5.61. The number of nitro benzene ring substituents is 1. The Hall–Kier alpha value is -1.42. The number of aryl methyl sites for hydroxylation is 1. The van der Waals surface area contributed by atoms with Crippen LogP contribution < -0.4 is 5.32 Å². The van der Waals surface area contributed by atoms with Gasteiger partial charge in [0.1, 0.15) is 0 Å². The van der Waals surface area contributed by atoms with Crippen molar-refractivity contribution < 1.29 is 4.92 Å². The van der Waals surface area contributed by atoms with Gasteiger partial charge < -0.3 is 5.32 Å². The molecule has 0 fully saturated rings. The van der Waals surface area contributed by atoms with Gasteiger partial charge in [0.2, 0.25) is 0 Å². The lowest BCUT2D eigenvalue weighted by molar-refractivity contribution is -0.384. The lowest BCUT2D eigenvalue weighted by Gasteiger charge is -2.13. The van der Waals surface area contributed by atoms with Crippen molar-refractivity contribution >= 4 is 5.69 Å². The molecule has 0 spiro atoms. The fourth-order valence-corrected chi connectivity index (χ4v) is 1.77. The van der Waals surface area contributed by atoms with E-state index >= 15 is 0 Å². The third kappa shape index (κ3) is 3.31. The summed E-state index contributed by atoms with van der Waals surface area (Å²) in [7, 11) is 0. The van der Waals surface area contributed by atoms with Crippen LogP contribution in [-0.2, 0) is 6.42 Å². The first-order valence-corrected chi connectivity index (χ1v) is 5.52. The first-order chi connectivity index (χ1) is 7.54. The van der Waals surface area contributed by atoms with Crippen LogP contribution in [0.3, 0.4) is 0 Å². The van der Waals surface area contributed by atoms with Crippen molar-refractivity contribution in [3.05, 3.63) is 39.4 Å². The third-order valence-corrected chi connectivity index (χ3v) is 2.62. The van der Waals surface area contributed by atoms with E-state index in [0.29, 0.717) is 6.04 Å². The van der Waals surface area contributed by atoms with E-state index < -0.39 is 0 Å². The lowest BCUT2D eigenvalue weighted by atomic mass is 10.0. The maximum Gasteiger partial charge on any atom is 0.269 e. The molecule has 0 saturated heterocycles. The maximum atomic E-state index is 10.6. The number of hydrogen-bond donors (Lipinski definition) is 1. The molecule has 4 nitrogen and oxygen atoms in total. The predicted octanol–water partition coefficient (Wildman–Crippen LogP) is 2.44. The molecule has 0 aromatic heterocycles. The second-order valence-corrected chi connectivity index (χ2v) is 4.03. The number of rotatable bonds is 5. The standard InChI is InChI=1S/C12H18N2O2/c1-4-13-10(3)8-11-5-6-12(14(15)16)7-9(11)2/h5-7,10,13H,4,8H2,1-3H3. The molecule has 0 amide bonds. The highest BCUT2D eigenvalue weighted by Gasteiger charge is 2.09. The molecule has 0 radical (unpaired) electrons. The highest BCUT2D eigenvalue weighted by Crippen LogP contribution is 2.18. The number of nitrogens with one attached hydrogen (secondary N) is 1. The molecule has 0 aliphatic carbocycles. The van der Waals surface area contributed by atoms with E-state index in [4.69, 9.17) is 0 Å². The minimum Gasteiger partial charge on any atom is -0.314 e. The predicted molar refractivity (Wildman–Crippen MR) is 64.7 cm³/mol. The zero-order chi connectivity index (χ0) is 12.1. The minimum absolute atomic E-state index is 0.164. The summed E-state index contributed by atoms with van der Waals surface area (Å²) in [5.74, 6) is 0. The van der Waals surface area contributed by atoms with Gasteiger partial charge in [-0.2, -0.15) is 0 Å². The number of hydrogen-bond acceptors (Lipinski definition) is 3. The fraction of sp³-hybridized carbons (Fsp3) is 0.500. The lowest BCUT2D eigenvalue weighted by Crippen LogP contribution is -2.27. The third-order valence-electron chi connectivity index (χ3n) is 2.62. The topological polar surface area (TPSA) is 55.2 Å². The fourth-order valence-electron chi connectivity index (χ4n) is 1.77. The van der Waals surface area contributed by atoms with Gasteiger partial charge >= 0.3 is 0 Å². The van der Waals surface area contributed by atoms with Gasteiger partial charge in [-0.15, -0.1) is 0 Å². The van der Waals surface area contributed by atoms with Crippen molar-refractivity contribution in [2.24, 2.45) is 0 Å². The van der Waals surface area contributed by atoms with Gasteiger partial charge in [-0.1, -0.05) is 13.0 Å². The second-order valence-electron chi connectivity index (χ2n) is 4.03. The monoisotopic (exact) mass is 222 g/mol. The maximum absolute atomic E-state index is 10.6. The Morgan fingerprint density at radius 2 is 2.19 bits per heavy atom. The van der Waals surface area contributed by atoms with Crippen molar-refractivity contribution in [1.29, 1.82) is 0 Å². The van der Waals surface area contributed by atoms with Crippen LogP contribution in [0, 0.1) is 17.0 Å². The quantitative estimate of drug-likeness (QED) is 0.615. The summed E-state index contributed by atoms with van der Waals surface area (Å²) >= 11 is 0. The smallest absolute Gasteiger partial charge is 0.269 e. The molecule has 1 aromatic carbocycles. The SMILES string of the molecule is CCNC(C)Cc1ccc([N+](=O)[O-])cc1C. The molecule has 16 heavy (non-hydrogen) atoms. The Morgan fingerprint density at radius 3 is 2.69 bits per heavy atom. The van der Waals surface area contributed by atoms with E-state index in [1.54, 1.807) is 12.1 Å². The molecule has 0 aliphatic rings. The van der Waals surface area contributed by atoms with Crippen molar-refractivity contribution in [1.82, 2.24) is 5.32 Å². The summed E-state index contributed by atoms with van der Waals surface area (Å²) in [5.41, 5.74) is 2.32. The summed E-state index contributed by atoms with van der Waals surface area (Å²) in [6, 6.07) is 5.45. The number of likely N-dealkylation sites (N-methyl/N-ethyl adjacent to an activating group) is 1. The molecule has 1 N–H and O–H groups in total. The molecule has 1 rings (SSSR count). The Morgan fingerprint density at radius 1 is 1.50 bits per heavy atom. The van der Waals surface area contributed by atoms with Crippen molar-refractivity contribution in [3.8, 4) is 0 Å². The molecular weight excluding hydrogens is 204 g/mol. The Bertz CT molecular complexity index is 377. The van der Waals surface area contributed by atoms with Crippen LogP contribution in [0.5, 0.6) is 0 Å². The average Bonchev–Trinajstić information content (AvgIpc) is 2.21. The number of nitrogens with zero attached hydrogens (tertiary/aromatic N) is 1. The van der Waals surface area contributed by atoms with Crippen LogP contribution in [0.2, 0.25) is 0 Å². The molecule has 0 bridgehead atoms. The Balaban J connectivity index is 2.79. The van der Waals surface area contributed by atoms with Gasteiger partial charge in [0, 0.05) is 18.2 Å². The van der Waals surface area contributed by atoms with Crippen LogP contribution in [0.25, 0.3) is 0 Å². The first kappa shape index (κ1) is 12.6. The molecular formula is C12H18N2O2. The van der Waals surface area contributed by atoms with E-state index in [9.17, 15) is 10.1 Å². The van der Waals surface area contributed by atoms with Crippen molar-refractivity contribution in [3.63, 3.8) is 0 Å². The zero-order valence-electron chi connectivity index (χ0n) is 9.99. The Kier molecular flexibility index (Phi) is 4.43. The van der Waals surface area contributed by atoms with E-state index in [2.05, 4.69) is 19.2 Å². The van der Waals surface area contributed by atoms with E-state index in [-0.39, 0.29) is 10.6 Å². The number of nitro groups is 1. The van der Waals surface area contributed by atoms with Crippen LogP contribution >= 0.6 is 0 Å². The summed E-state index contributed by atoms with van der Waals surface area (Å²) in [5, 5.41) is 13.9. The van der Waals surface area contributed by atoms with Crippen molar-refractivity contribution in [2.45, 2.75) is 33.2 Å². The number of benzene rings is 1. The van der Waals surface area contributed by atoms with Crippen LogP contribution in [0.4, 0.5) is 5.69 Å². The average molecular weight is 222 g/mol. The normalized spacial score (nSPS) is 12.4. The summed E-state index contributed by atoms with van der Waals surface area (Å²) < 4.78 is 0. The number of non-ortho nitro benzene ring substituents is 1. The van der Waals surface area contributed by atoms with E-state index in [1.165, 1.54) is 5.56 Å². The minimum atomic E-state index is -0.357. The molecule has 1 atom stereocenters. The molecule has 1 unspecified atom stereocenters. The molecule has 88 valence electrons. The Labute approximate surface area is 95.8 Å². The van der Waals surface area contributed by atoms with Gasteiger partial charge in [0.25, 0.3) is 5.69 Å². The largest absolute Gasteiger partial charge is 0.314 e. The molecule has 0 heterocycles. The summed E-state index contributed by atoms with van der Waals surface area (Å²) in [4.78, 5) is 10.2. The van der Waals surface area contributed by atoms with Crippen LogP contribution in [0.15, 0.2) is 18.2 Å². The van der Waals surface area contributed by atoms with Crippen LogP contribution in [-0.4, -0.2) is 17.5 Å². The highest BCUT2D eigenvalue weighted by atomic mass is 16.6. The first-order valence-electron chi connectivity index (χ1n) is 5.52. The van der Waals surface area contributed by atoms with Gasteiger partial charge in [0.05, 0.1) is 4.92 Å². The van der Waals surface area contributed by atoms with E-state index in [0.717, 1.165) is 18.5 Å². The molecule has 1 aromatic rings. The summed E-state index contributed by atoms with van der Waals surface area (Å²) in [6.07, 6.45) is 0.900. The highest BCUT2D eigenvalue weighted by molar-refractivity contribution is 5.39. The van der Waals surface area contributed by atoms with Gasteiger partial charge in [-0.25, -0.2) is 0 Å². The van der Waals surface area contributed by atoms with Crippen LogP contribution in [0.1, 0.15) is 25.0 Å². The summed E-state index contributed by atoms with van der Waals surface area (Å²) in [6.45, 7) is 7.04.